The molecule has 1 aromatic carbocycles. The Balaban J connectivity index is 1.95. The lowest BCUT2D eigenvalue weighted by Crippen LogP contribution is -2.32. The van der Waals surface area contributed by atoms with Crippen LogP contribution in [0.15, 0.2) is 52.6 Å². The van der Waals surface area contributed by atoms with Crippen molar-refractivity contribution >= 4 is 17.4 Å². The molecule has 1 aliphatic rings. The van der Waals surface area contributed by atoms with Gasteiger partial charge in [0.25, 0.3) is 5.56 Å². The number of aromatic nitrogens is 1. The van der Waals surface area contributed by atoms with Crippen LogP contribution in [0.1, 0.15) is 18.1 Å². The summed E-state index contributed by atoms with van der Waals surface area (Å²) in [4.78, 5) is 27.3. The number of thiophene rings is 1. The molecular weight excluding hydrogens is 360 g/mol. The average molecular weight is 380 g/mol. The van der Waals surface area contributed by atoms with Crippen LogP contribution in [0.25, 0.3) is 21.7 Å². The zero-order chi connectivity index (χ0) is 19.0. The van der Waals surface area contributed by atoms with Crippen LogP contribution in [-0.4, -0.2) is 27.2 Å². The molecule has 1 N–H and O–H groups in total. The van der Waals surface area contributed by atoms with E-state index in [9.17, 15) is 14.7 Å². The minimum Gasteiger partial charge on any atom is -0.465 e. The summed E-state index contributed by atoms with van der Waals surface area (Å²) < 4.78 is 1.83. The first-order valence-corrected chi connectivity index (χ1v) is 9.85. The zero-order valence-electron chi connectivity index (χ0n) is 15.0. The third-order valence-electron chi connectivity index (χ3n) is 5.03. The first-order chi connectivity index (χ1) is 13.1. The number of pyridine rings is 1. The van der Waals surface area contributed by atoms with Crippen LogP contribution in [0, 0.1) is 0 Å². The number of rotatable bonds is 4. The highest BCUT2D eigenvalue weighted by Gasteiger charge is 2.25. The summed E-state index contributed by atoms with van der Waals surface area (Å²) in [5, 5.41) is 11.5. The van der Waals surface area contributed by atoms with Crippen LogP contribution >= 0.6 is 11.3 Å². The van der Waals surface area contributed by atoms with E-state index in [1.165, 1.54) is 10.5 Å². The maximum atomic E-state index is 13.2. The lowest BCUT2D eigenvalue weighted by atomic mass is 9.98. The third-order valence-corrected chi connectivity index (χ3v) is 6.00. The van der Waals surface area contributed by atoms with Gasteiger partial charge in [-0.1, -0.05) is 30.3 Å². The van der Waals surface area contributed by atoms with Crippen LogP contribution in [0.4, 0.5) is 4.79 Å². The predicted molar refractivity (Wildman–Crippen MR) is 107 cm³/mol. The van der Waals surface area contributed by atoms with Gasteiger partial charge in [-0.2, -0.15) is 0 Å². The Morgan fingerprint density at radius 2 is 2.04 bits per heavy atom. The molecule has 3 aromatic rings. The number of nitrogens with zero attached hydrogens (tertiary/aromatic N) is 2. The minimum atomic E-state index is -0.953. The molecule has 2 aromatic heterocycles. The molecule has 0 spiro atoms. The van der Waals surface area contributed by atoms with E-state index < -0.39 is 6.09 Å². The number of amides is 1. The Hall–Kier alpha value is -2.86. The van der Waals surface area contributed by atoms with Gasteiger partial charge < -0.3 is 14.6 Å². The Kier molecular flexibility index (Phi) is 4.58. The highest BCUT2D eigenvalue weighted by atomic mass is 32.1. The second-order valence-electron chi connectivity index (χ2n) is 6.58. The lowest BCUT2D eigenvalue weighted by Gasteiger charge is -2.26. The smallest absolute Gasteiger partial charge is 0.407 e. The quantitative estimate of drug-likeness (QED) is 0.734. The van der Waals surface area contributed by atoms with E-state index in [0.717, 1.165) is 28.1 Å². The normalized spacial score (nSPS) is 12.3. The summed E-state index contributed by atoms with van der Waals surface area (Å²) in [6.07, 6.45) is -0.134. The molecule has 0 saturated carbocycles. The van der Waals surface area contributed by atoms with Crippen LogP contribution in [0.3, 0.4) is 0 Å². The molecule has 5 nitrogen and oxygen atoms in total. The van der Waals surface area contributed by atoms with Gasteiger partial charge in [-0.25, -0.2) is 4.79 Å². The third kappa shape index (κ3) is 3.06. The zero-order valence-corrected chi connectivity index (χ0v) is 15.8. The van der Waals surface area contributed by atoms with Gasteiger partial charge in [0.05, 0.1) is 17.1 Å². The molecule has 3 heterocycles. The number of aryl methyl sites for hydroxylation is 1. The van der Waals surface area contributed by atoms with E-state index in [1.807, 2.05) is 53.3 Å². The van der Waals surface area contributed by atoms with E-state index in [0.29, 0.717) is 18.7 Å². The minimum absolute atomic E-state index is 0.0163. The maximum absolute atomic E-state index is 13.2. The fourth-order valence-electron chi connectivity index (χ4n) is 3.64. The first kappa shape index (κ1) is 17.5. The van der Waals surface area contributed by atoms with Gasteiger partial charge >= 0.3 is 6.09 Å². The highest BCUT2D eigenvalue weighted by Crippen LogP contribution is 2.37. The van der Waals surface area contributed by atoms with Gasteiger partial charge in [0, 0.05) is 18.7 Å². The predicted octanol–water partition coefficient (Wildman–Crippen LogP) is 4.30. The number of carboxylic acid groups (broad SMARTS) is 1. The maximum Gasteiger partial charge on any atom is 0.407 e. The number of hydrogen-bond acceptors (Lipinski definition) is 3. The monoisotopic (exact) mass is 380 g/mol. The van der Waals surface area contributed by atoms with Gasteiger partial charge in [-0.05, 0) is 47.5 Å². The van der Waals surface area contributed by atoms with E-state index in [1.54, 1.807) is 11.3 Å². The van der Waals surface area contributed by atoms with Crippen LogP contribution in [0.5, 0.6) is 0 Å². The topological polar surface area (TPSA) is 62.5 Å². The Bertz CT molecular complexity index is 1050. The molecule has 27 heavy (non-hydrogen) atoms. The fourth-order valence-corrected chi connectivity index (χ4v) is 4.69. The van der Waals surface area contributed by atoms with Gasteiger partial charge in [0.1, 0.15) is 0 Å². The van der Waals surface area contributed by atoms with Crippen molar-refractivity contribution in [2.75, 3.05) is 6.54 Å². The fraction of sp³-hybridized carbons (Fsp3) is 0.238. The van der Waals surface area contributed by atoms with Crippen molar-refractivity contribution in [2.24, 2.45) is 0 Å². The Labute approximate surface area is 161 Å². The van der Waals surface area contributed by atoms with Crippen molar-refractivity contribution in [3.8, 4) is 21.7 Å². The first-order valence-electron chi connectivity index (χ1n) is 8.97. The van der Waals surface area contributed by atoms with Crippen LogP contribution in [0.2, 0.25) is 0 Å². The summed E-state index contributed by atoms with van der Waals surface area (Å²) >= 11 is 1.61. The van der Waals surface area contributed by atoms with Crippen molar-refractivity contribution in [1.82, 2.24) is 9.47 Å². The van der Waals surface area contributed by atoms with Crippen molar-refractivity contribution in [3.05, 3.63) is 69.3 Å². The van der Waals surface area contributed by atoms with Crippen molar-refractivity contribution in [1.29, 1.82) is 0 Å². The summed E-state index contributed by atoms with van der Waals surface area (Å²) in [6.45, 7) is 3.10. The number of carbonyl (C=O) groups is 1. The number of benzene rings is 1. The Morgan fingerprint density at radius 1 is 1.26 bits per heavy atom. The van der Waals surface area contributed by atoms with Gasteiger partial charge in [-0.15, -0.1) is 11.3 Å². The summed E-state index contributed by atoms with van der Waals surface area (Å²) in [5.41, 5.74) is 4.44. The average Bonchev–Trinajstić information content (AvgIpc) is 3.16. The number of hydrogen-bond donors (Lipinski definition) is 1. The molecule has 0 fully saturated rings. The Morgan fingerprint density at radius 3 is 2.74 bits per heavy atom. The summed E-state index contributed by atoms with van der Waals surface area (Å²) in [7, 11) is 0. The molecule has 4 rings (SSSR count). The van der Waals surface area contributed by atoms with Crippen LogP contribution in [-0.2, 0) is 19.5 Å². The van der Waals surface area contributed by atoms with Crippen molar-refractivity contribution in [2.45, 2.75) is 26.4 Å². The molecule has 1 aliphatic heterocycles. The highest BCUT2D eigenvalue weighted by molar-refractivity contribution is 7.13. The lowest BCUT2D eigenvalue weighted by molar-refractivity contribution is 0.145. The molecule has 138 valence electrons. The second-order valence-corrected chi connectivity index (χ2v) is 7.49. The van der Waals surface area contributed by atoms with Crippen molar-refractivity contribution in [3.63, 3.8) is 0 Å². The molecule has 6 heteroatoms. The van der Waals surface area contributed by atoms with Gasteiger partial charge in [0.2, 0.25) is 0 Å². The van der Waals surface area contributed by atoms with Gasteiger partial charge in [0.15, 0.2) is 0 Å². The molecular formula is C21H20N2O3S. The second kappa shape index (κ2) is 7.04. The summed E-state index contributed by atoms with van der Waals surface area (Å²) in [5.74, 6) is 0. The molecule has 0 aliphatic carbocycles. The molecule has 0 bridgehead atoms. The van der Waals surface area contributed by atoms with E-state index in [4.69, 9.17) is 0 Å². The molecule has 0 atom stereocenters. The van der Waals surface area contributed by atoms with Gasteiger partial charge in [-0.3, -0.25) is 4.79 Å². The van der Waals surface area contributed by atoms with E-state index in [-0.39, 0.29) is 12.1 Å². The van der Waals surface area contributed by atoms with E-state index >= 15 is 0 Å². The molecule has 0 radical (unpaired) electrons. The molecule has 1 amide bonds. The largest absolute Gasteiger partial charge is 0.465 e. The molecule has 0 unspecified atom stereocenters. The SMILES string of the molecule is CCN(Cc1cc(-c2ccccc2)c(=O)n2c1-c1sccc1CC2)C(=O)O. The standard InChI is InChI=1S/C21H20N2O3S/c1-2-22(21(25)26)13-16-12-17(14-6-4-3-5-7-14)20(24)23-10-8-15-9-11-27-19(15)18(16)23/h3-7,9,11-12H,2,8,10,13H2,1H3,(H,25,26). The van der Waals surface area contributed by atoms with E-state index in [2.05, 4.69) is 6.07 Å². The number of fused-ring (bicyclic) bond motifs is 3. The van der Waals surface area contributed by atoms with Crippen molar-refractivity contribution < 1.29 is 9.90 Å². The van der Waals surface area contributed by atoms with Crippen LogP contribution < -0.4 is 5.56 Å². The molecule has 0 saturated heterocycles. The summed E-state index contributed by atoms with van der Waals surface area (Å²) in [6, 6.07) is 13.5.